The maximum Gasteiger partial charge on any atom is 0.246 e. The van der Waals surface area contributed by atoms with Crippen molar-refractivity contribution in [2.45, 2.75) is 19.9 Å². The fourth-order valence-corrected chi connectivity index (χ4v) is 3.61. The maximum absolute atomic E-state index is 12.7. The molecular weight excluding hydrogens is 324 g/mol. The molecule has 0 bridgehead atoms. The zero-order valence-electron chi connectivity index (χ0n) is 15.1. The number of H-pyrrole nitrogens is 1. The summed E-state index contributed by atoms with van der Waals surface area (Å²) in [5, 5.41) is 1.21. The van der Waals surface area contributed by atoms with Gasteiger partial charge >= 0.3 is 0 Å². The molecule has 26 heavy (non-hydrogen) atoms. The molecular formula is C22H22N2O2. The highest BCUT2D eigenvalue weighted by Gasteiger charge is 2.22. The number of aryl methyl sites for hydroxylation is 1. The molecule has 0 saturated heterocycles. The number of carbonyl (C=O) groups excluding carboxylic acids is 1. The number of hydrogen-bond donors (Lipinski definition) is 1. The Bertz CT molecular complexity index is 1000. The van der Waals surface area contributed by atoms with Gasteiger partial charge in [0.25, 0.3) is 0 Å². The Morgan fingerprint density at radius 3 is 2.92 bits per heavy atom. The summed E-state index contributed by atoms with van der Waals surface area (Å²) in [4.78, 5) is 18.1. The number of aromatic nitrogens is 1. The standard InChI is InChI=1S/C22H22N2O2/c1-15-7-9-21(26-2)16(13-15)8-10-22(25)24-12-11-20-18(14-24)17-5-3-4-6-19(17)23-20/h3-10,13,23H,11-12,14H2,1-2H3/b10-8+. The lowest BCUT2D eigenvalue weighted by Crippen LogP contribution is -2.34. The predicted molar refractivity (Wildman–Crippen MR) is 104 cm³/mol. The van der Waals surface area contributed by atoms with Gasteiger partial charge in [0.2, 0.25) is 5.91 Å². The first-order valence-corrected chi connectivity index (χ1v) is 8.86. The third-order valence-corrected chi connectivity index (χ3v) is 4.99. The van der Waals surface area contributed by atoms with E-state index in [0.29, 0.717) is 6.54 Å². The van der Waals surface area contributed by atoms with Crippen molar-refractivity contribution >= 4 is 22.9 Å². The van der Waals surface area contributed by atoms with E-state index < -0.39 is 0 Å². The number of fused-ring (bicyclic) bond motifs is 3. The van der Waals surface area contributed by atoms with Crippen molar-refractivity contribution in [1.29, 1.82) is 0 Å². The molecule has 0 saturated carbocycles. The minimum Gasteiger partial charge on any atom is -0.496 e. The SMILES string of the molecule is COc1ccc(C)cc1/C=C/C(=O)N1CCc2[nH]c3ccccc3c2C1. The highest BCUT2D eigenvalue weighted by Crippen LogP contribution is 2.28. The van der Waals surface area contributed by atoms with Crippen molar-refractivity contribution < 1.29 is 9.53 Å². The fraction of sp³-hybridized carbons (Fsp3) is 0.227. The second kappa shape index (κ2) is 6.71. The van der Waals surface area contributed by atoms with E-state index in [1.807, 2.05) is 48.2 Å². The second-order valence-electron chi connectivity index (χ2n) is 6.72. The highest BCUT2D eigenvalue weighted by molar-refractivity contribution is 5.93. The number of para-hydroxylation sites is 1. The lowest BCUT2D eigenvalue weighted by molar-refractivity contribution is -0.126. The molecule has 1 aliphatic heterocycles. The number of aromatic amines is 1. The molecule has 4 heteroatoms. The average Bonchev–Trinajstić information content (AvgIpc) is 3.04. The summed E-state index contributed by atoms with van der Waals surface area (Å²) < 4.78 is 5.38. The Kier molecular flexibility index (Phi) is 4.25. The normalized spacial score (nSPS) is 14.0. The Balaban J connectivity index is 1.56. The van der Waals surface area contributed by atoms with Gasteiger partial charge in [0.15, 0.2) is 0 Å². The number of ether oxygens (including phenoxy) is 1. The summed E-state index contributed by atoms with van der Waals surface area (Å²) in [6.07, 6.45) is 4.35. The van der Waals surface area contributed by atoms with Crippen LogP contribution in [0, 0.1) is 6.92 Å². The molecule has 132 valence electrons. The van der Waals surface area contributed by atoms with Crippen LogP contribution < -0.4 is 4.74 Å². The summed E-state index contributed by atoms with van der Waals surface area (Å²) in [5.74, 6) is 0.807. The number of rotatable bonds is 3. The van der Waals surface area contributed by atoms with Crippen molar-refractivity contribution in [1.82, 2.24) is 9.88 Å². The summed E-state index contributed by atoms with van der Waals surface area (Å²) in [7, 11) is 1.65. The van der Waals surface area contributed by atoms with Crippen molar-refractivity contribution in [3.63, 3.8) is 0 Å². The Hall–Kier alpha value is -3.01. The highest BCUT2D eigenvalue weighted by atomic mass is 16.5. The van der Waals surface area contributed by atoms with Crippen molar-refractivity contribution in [2.24, 2.45) is 0 Å². The first-order chi connectivity index (χ1) is 12.7. The number of carbonyl (C=O) groups is 1. The zero-order valence-corrected chi connectivity index (χ0v) is 15.1. The van der Waals surface area contributed by atoms with E-state index in [2.05, 4.69) is 17.1 Å². The van der Waals surface area contributed by atoms with Crippen molar-refractivity contribution in [2.75, 3.05) is 13.7 Å². The van der Waals surface area contributed by atoms with E-state index in [4.69, 9.17) is 4.74 Å². The van der Waals surface area contributed by atoms with E-state index in [1.165, 1.54) is 16.6 Å². The predicted octanol–water partition coefficient (Wildman–Crippen LogP) is 4.08. The molecule has 4 rings (SSSR count). The molecule has 2 heterocycles. The van der Waals surface area contributed by atoms with E-state index in [1.54, 1.807) is 13.2 Å². The van der Waals surface area contributed by atoms with E-state index in [9.17, 15) is 4.79 Å². The first kappa shape index (κ1) is 16.5. The fourth-order valence-electron chi connectivity index (χ4n) is 3.61. The number of amides is 1. The molecule has 0 spiro atoms. The van der Waals surface area contributed by atoms with Crippen LogP contribution in [0.4, 0.5) is 0 Å². The molecule has 1 aromatic heterocycles. The zero-order chi connectivity index (χ0) is 18.1. The van der Waals surface area contributed by atoms with Crippen LogP contribution in [-0.4, -0.2) is 29.4 Å². The van der Waals surface area contributed by atoms with Gasteiger partial charge in [-0.15, -0.1) is 0 Å². The number of benzene rings is 2. The molecule has 4 nitrogen and oxygen atoms in total. The van der Waals surface area contributed by atoms with E-state index in [0.717, 1.165) is 35.4 Å². The van der Waals surface area contributed by atoms with Gasteiger partial charge in [0.05, 0.1) is 7.11 Å². The molecule has 2 aromatic carbocycles. The first-order valence-electron chi connectivity index (χ1n) is 8.86. The third-order valence-electron chi connectivity index (χ3n) is 4.99. The van der Waals surface area contributed by atoms with Gasteiger partial charge in [-0.3, -0.25) is 4.79 Å². The monoisotopic (exact) mass is 346 g/mol. The molecule has 0 atom stereocenters. The van der Waals surface area contributed by atoms with E-state index >= 15 is 0 Å². The third kappa shape index (κ3) is 2.99. The van der Waals surface area contributed by atoms with Crippen LogP contribution in [0.15, 0.2) is 48.5 Å². The summed E-state index contributed by atoms with van der Waals surface area (Å²) in [6, 6.07) is 14.2. The maximum atomic E-state index is 12.7. The van der Waals surface area contributed by atoms with Crippen LogP contribution >= 0.6 is 0 Å². The molecule has 3 aromatic rings. The minimum absolute atomic E-state index is 0.0319. The van der Waals surface area contributed by atoms with Crippen LogP contribution in [0.25, 0.3) is 17.0 Å². The van der Waals surface area contributed by atoms with Crippen molar-refractivity contribution in [3.05, 3.63) is 70.9 Å². The van der Waals surface area contributed by atoms with Crippen LogP contribution in [0.2, 0.25) is 0 Å². The van der Waals surface area contributed by atoms with Crippen LogP contribution in [0.1, 0.15) is 22.4 Å². The Morgan fingerprint density at radius 2 is 2.08 bits per heavy atom. The molecule has 0 radical (unpaired) electrons. The van der Waals surface area contributed by atoms with Gasteiger partial charge in [-0.2, -0.15) is 0 Å². The lowest BCUT2D eigenvalue weighted by atomic mass is 10.0. The molecule has 0 fully saturated rings. The van der Waals surface area contributed by atoms with Gasteiger partial charge < -0.3 is 14.6 Å². The Morgan fingerprint density at radius 1 is 1.23 bits per heavy atom. The summed E-state index contributed by atoms with van der Waals surface area (Å²) >= 11 is 0. The van der Waals surface area contributed by atoms with Crippen LogP contribution in [0.5, 0.6) is 5.75 Å². The summed E-state index contributed by atoms with van der Waals surface area (Å²) in [5.41, 5.74) is 5.69. The second-order valence-corrected chi connectivity index (χ2v) is 6.72. The molecule has 1 N–H and O–H groups in total. The molecule has 1 amide bonds. The van der Waals surface area contributed by atoms with Gasteiger partial charge in [0.1, 0.15) is 5.75 Å². The molecule has 0 unspecified atom stereocenters. The summed E-state index contributed by atoms with van der Waals surface area (Å²) in [6.45, 7) is 3.41. The number of methoxy groups -OCH3 is 1. The Labute approximate surface area is 153 Å². The van der Waals surface area contributed by atoms with Gasteiger partial charge in [-0.25, -0.2) is 0 Å². The van der Waals surface area contributed by atoms with Crippen LogP contribution in [-0.2, 0) is 17.8 Å². The van der Waals surface area contributed by atoms with Crippen LogP contribution in [0.3, 0.4) is 0 Å². The smallest absolute Gasteiger partial charge is 0.246 e. The number of hydrogen-bond acceptors (Lipinski definition) is 2. The van der Waals surface area contributed by atoms with Gasteiger partial charge in [-0.05, 0) is 31.2 Å². The number of nitrogens with one attached hydrogen (secondary N) is 1. The minimum atomic E-state index is 0.0319. The molecule has 0 aliphatic carbocycles. The molecule has 1 aliphatic rings. The quantitative estimate of drug-likeness (QED) is 0.726. The topological polar surface area (TPSA) is 45.3 Å². The lowest BCUT2D eigenvalue weighted by Gasteiger charge is -2.26. The van der Waals surface area contributed by atoms with Crippen molar-refractivity contribution in [3.8, 4) is 5.75 Å². The van der Waals surface area contributed by atoms with Gasteiger partial charge in [0, 0.05) is 53.3 Å². The average molecular weight is 346 g/mol. The van der Waals surface area contributed by atoms with Gasteiger partial charge in [-0.1, -0.05) is 29.8 Å². The number of nitrogens with zero attached hydrogens (tertiary/aromatic N) is 1. The largest absolute Gasteiger partial charge is 0.496 e. The van der Waals surface area contributed by atoms with E-state index in [-0.39, 0.29) is 5.91 Å².